The third-order valence-corrected chi connectivity index (χ3v) is 3.07. The molecule has 20 heavy (non-hydrogen) atoms. The number of anilines is 2. The van der Waals surface area contributed by atoms with Crippen LogP contribution in [0.2, 0.25) is 5.02 Å². The van der Waals surface area contributed by atoms with Crippen LogP contribution < -0.4 is 10.6 Å². The molecule has 6 heteroatoms. The molecule has 0 radical (unpaired) electrons. The van der Waals surface area contributed by atoms with E-state index < -0.39 is 5.82 Å². The normalized spacial score (nSPS) is 10.2. The van der Waals surface area contributed by atoms with Crippen molar-refractivity contribution >= 4 is 40.3 Å². The van der Waals surface area contributed by atoms with Crippen LogP contribution in [0.4, 0.5) is 20.2 Å². The zero-order chi connectivity index (χ0) is 14.7. The van der Waals surface area contributed by atoms with Crippen LogP contribution >= 0.6 is 23.8 Å². The van der Waals surface area contributed by atoms with Gasteiger partial charge in [0.05, 0.1) is 5.69 Å². The maximum absolute atomic E-state index is 13.6. The van der Waals surface area contributed by atoms with Gasteiger partial charge in [-0.15, -0.1) is 0 Å². The van der Waals surface area contributed by atoms with Crippen molar-refractivity contribution in [2.24, 2.45) is 0 Å². The van der Waals surface area contributed by atoms with E-state index >= 15 is 0 Å². The molecule has 0 unspecified atom stereocenters. The molecule has 0 bridgehead atoms. The Morgan fingerprint density at radius 1 is 1.05 bits per heavy atom. The first kappa shape index (κ1) is 14.7. The predicted molar refractivity (Wildman–Crippen MR) is 82.4 cm³/mol. The smallest absolute Gasteiger partial charge is 0.175 e. The van der Waals surface area contributed by atoms with E-state index in [1.807, 2.05) is 6.92 Å². The van der Waals surface area contributed by atoms with E-state index in [2.05, 4.69) is 10.6 Å². The summed E-state index contributed by atoms with van der Waals surface area (Å²) in [5.41, 5.74) is 1.55. The van der Waals surface area contributed by atoms with Crippen molar-refractivity contribution in [2.75, 3.05) is 10.6 Å². The monoisotopic (exact) mass is 312 g/mol. The Morgan fingerprint density at radius 3 is 2.45 bits per heavy atom. The quantitative estimate of drug-likeness (QED) is 0.784. The highest BCUT2D eigenvalue weighted by molar-refractivity contribution is 7.80. The molecule has 0 saturated carbocycles. The molecule has 0 aliphatic rings. The third-order valence-electron chi connectivity index (χ3n) is 2.63. The van der Waals surface area contributed by atoms with Crippen molar-refractivity contribution in [1.82, 2.24) is 0 Å². The third kappa shape index (κ3) is 3.65. The molecule has 0 amide bonds. The van der Waals surface area contributed by atoms with Crippen LogP contribution in [0.5, 0.6) is 0 Å². The van der Waals surface area contributed by atoms with Gasteiger partial charge in [0, 0.05) is 10.7 Å². The molecule has 2 aromatic carbocycles. The second-order valence-corrected chi connectivity index (χ2v) is 5.01. The van der Waals surface area contributed by atoms with Gasteiger partial charge >= 0.3 is 0 Å². The molecule has 0 saturated heterocycles. The molecule has 104 valence electrons. The molecular formula is C14H11ClF2N2S. The second kappa shape index (κ2) is 6.15. The van der Waals surface area contributed by atoms with Crippen molar-refractivity contribution in [3.8, 4) is 0 Å². The van der Waals surface area contributed by atoms with Gasteiger partial charge in [-0.25, -0.2) is 8.78 Å². The van der Waals surface area contributed by atoms with E-state index in [0.29, 0.717) is 10.7 Å². The Kier molecular flexibility index (Phi) is 4.52. The lowest BCUT2D eigenvalue weighted by molar-refractivity contribution is 0.628. The van der Waals surface area contributed by atoms with Crippen LogP contribution in [0.15, 0.2) is 36.4 Å². The summed E-state index contributed by atoms with van der Waals surface area (Å²) in [5, 5.41) is 5.98. The highest BCUT2D eigenvalue weighted by atomic mass is 35.5. The second-order valence-electron chi connectivity index (χ2n) is 4.16. The van der Waals surface area contributed by atoms with Gasteiger partial charge in [0.2, 0.25) is 0 Å². The standard InChI is InChI=1S/C14H11ClF2N2S/c1-8-2-4-10(16)7-13(8)19-14(20)18-12-5-3-9(15)6-11(12)17/h2-7H,1H3,(H2,18,19,20). The molecular weight excluding hydrogens is 302 g/mol. The zero-order valence-electron chi connectivity index (χ0n) is 10.5. The lowest BCUT2D eigenvalue weighted by Gasteiger charge is -2.13. The maximum Gasteiger partial charge on any atom is 0.175 e. The minimum atomic E-state index is -0.516. The highest BCUT2D eigenvalue weighted by Crippen LogP contribution is 2.20. The average Bonchev–Trinajstić information content (AvgIpc) is 2.37. The number of halogens is 3. The van der Waals surface area contributed by atoms with Crippen LogP contribution in [0, 0.1) is 18.6 Å². The Morgan fingerprint density at radius 2 is 1.75 bits per heavy atom. The van der Waals surface area contributed by atoms with Crippen LogP contribution in [0.25, 0.3) is 0 Å². The van der Waals surface area contributed by atoms with Crippen molar-refractivity contribution in [2.45, 2.75) is 6.92 Å². The fourth-order valence-electron chi connectivity index (χ4n) is 1.60. The molecule has 2 nitrogen and oxygen atoms in total. The molecule has 0 heterocycles. The number of nitrogens with one attached hydrogen (secondary N) is 2. The van der Waals surface area contributed by atoms with Gasteiger partial charge in [-0.3, -0.25) is 0 Å². The van der Waals surface area contributed by atoms with Crippen molar-refractivity contribution < 1.29 is 8.78 Å². The van der Waals surface area contributed by atoms with Gasteiger partial charge in [0.1, 0.15) is 11.6 Å². The Hall–Kier alpha value is -1.72. The first-order valence-corrected chi connectivity index (χ1v) is 6.53. The van der Waals surface area contributed by atoms with E-state index in [1.54, 1.807) is 12.1 Å². The van der Waals surface area contributed by atoms with Crippen LogP contribution in [-0.4, -0.2) is 5.11 Å². The molecule has 2 N–H and O–H groups in total. The van der Waals surface area contributed by atoms with E-state index in [9.17, 15) is 8.78 Å². The fraction of sp³-hybridized carbons (Fsp3) is 0.0714. The minimum Gasteiger partial charge on any atom is -0.332 e. The largest absolute Gasteiger partial charge is 0.332 e. The Balaban J connectivity index is 2.11. The molecule has 0 fully saturated rings. The minimum absolute atomic E-state index is 0.167. The van der Waals surface area contributed by atoms with Gasteiger partial charge in [0.25, 0.3) is 0 Å². The first-order valence-electron chi connectivity index (χ1n) is 5.75. The number of hydrogen-bond acceptors (Lipinski definition) is 1. The number of thiocarbonyl (C=S) groups is 1. The van der Waals surface area contributed by atoms with Crippen LogP contribution in [-0.2, 0) is 0 Å². The van der Waals surface area contributed by atoms with Gasteiger partial charge in [-0.1, -0.05) is 17.7 Å². The highest BCUT2D eigenvalue weighted by Gasteiger charge is 2.07. The number of rotatable bonds is 2. The molecule has 0 aliphatic heterocycles. The van der Waals surface area contributed by atoms with Gasteiger partial charge in [-0.2, -0.15) is 0 Å². The summed E-state index contributed by atoms with van der Waals surface area (Å²) in [5.74, 6) is -0.892. The van der Waals surface area contributed by atoms with E-state index in [1.165, 1.54) is 24.3 Å². The lowest BCUT2D eigenvalue weighted by Crippen LogP contribution is -2.20. The van der Waals surface area contributed by atoms with E-state index in [0.717, 1.165) is 5.56 Å². The van der Waals surface area contributed by atoms with Crippen molar-refractivity contribution in [1.29, 1.82) is 0 Å². The summed E-state index contributed by atoms with van der Waals surface area (Å²) in [6.07, 6.45) is 0. The maximum atomic E-state index is 13.6. The van der Waals surface area contributed by atoms with Gasteiger partial charge in [0.15, 0.2) is 5.11 Å². The molecule has 0 spiro atoms. The fourth-order valence-corrected chi connectivity index (χ4v) is 1.97. The number of benzene rings is 2. The summed E-state index contributed by atoms with van der Waals surface area (Å²) < 4.78 is 26.8. The topological polar surface area (TPSA) is 24.1 Å². The van der Waals surface area contributed by atoms with Crippen molar-refractivity contribution in [3.63, 3.8) is 0 Å². The number of hydrogen-bond donors (Lipinski definition) is 2. The van der Waals surface area contributed by atoms with Crippen molar-refractivity contribution in [3.05, 3.63) is 58.6 Å². The van der Waals surface area contributed by atoms with Crippen LogP contribution in [0.3, 0.4) is 0 Å². The van der Waals surface area contributed by atoms with Gasteiger partial charge < -0.3 is 10.6 Å². The summed E-state index contributed by atoms with van der Waals surface area (Å²) in [7, 11) is 0. The molecule has 0 aromatic heterocycles. The summed E-state index contributed by atoms with van der Waals surface area (Å²) in [6.45, 7) is 1.81. The summed E-state index contributed by atoms with van der Waals surface area (Å²) >= 11 is 10.7. The summed E-state index contributed by atoms with van der Waals surface area (Å²) in [6, 6.07) is 8.51. The van der Waals surface area contributed by atoms with Crippen LogP contribution in [0.1, 0.15) is 5.56 Å². The van der Waals surface area contributed by atoms with E-state index in [4.69, 9.17) is 23.8 Å². The molecule has 0 atom stereocenters. The van der Waals surface area contributed by atoms with E-state index in [-0.39, 0.29) is 16.6 Å². The predicted octanol–water partition coefficient (Wildman–Crippen LogP) is 4.74. The zero-order valence-corrected chi connectivity index (χ0v) is 12.1. The Bertz CT molecular complexity index is 662. The number of aryl methyl sites for hydroxylation is 1. The summed E-state index contributed by atoms with van der Waals surface area (Å²) in [4.78, 5) is 0. The molecule has 0 aliphatic carbocycles. The lowest BCUT2D eigenvalue weighted by atomic mass is 10.2. The van der Waals surface area contributed by atoms with Gasteiger partial charge in [-0.05, 0) is 55.0 Å². The Labute approximate surface area is 125 Å². The average molecular weight is 313 g/mol. The SMILES string of the molecule is Cc1ccc(F)cc1NC(=S)Nc1ccc(Cl)cc1F. The molecule has 2 aromatic rings. The molecule has 2 rings (SSSR count). The first-order chi connectivity index (χ1) is 9.45.